The Morgan fingerprint density at radius 3 is 2.84 bits per heavy atom. The van der Waals surface area contributed by atoms with Crippen LogP contribution in [0.15, 0.2) is 30.5 Å². The molecule has 1 saturated heterocycles. The molecule has 6 nitrogen and oxygen atoms in total. The smallest absolute Gasteiger partial charge is 0.345 e. The highest BCUT2D eigenvalue weighted by Crippen LogP contribution is 2.30. The lowest BCUT2D eigenvalue weighted by molar-refractivity contribution is -0.162. The van der Waals surface area contributed by atoms with Crippen molar-refractivity contribution in [2.45, 2.75) is 12.0 Å². The van der Waals surface area contributed by atoms with Gasteiger partial charge >= 0.3 is 5.97 Å². The highest BCUT2D eigenvalue weighted by Gasteiger charge is 2.52. The molecule has 1 fully saturated rings. The summed E-state index contributed by atoms with van der Waals surface area (Å²) in [6.07, 6.45) is 1.68. The maximum atomic E-state index is 12.0. The molecule has 6 heteroatoms. The molecule has 1 amide bonds. The Morgan fingerprint density at radius 2 is 2.16 bits per heavy atom. The summed E-state index contributed by atoms with van der Waals surface area (Å²) < 4.78 is 0. The lowest BCUT2D eigenvalue weighted by atomic mass is 10.0. The third-order valence-corrected chi connectivity index (χ3v) is 3.50. The molecule has 3 rings (SSSR count). The highest BCUT2D eigenvalue weighted by atomic mass is 16.4. The Hall–Kier alpha value is -2.34. The van der Waals surface area contributed by atoms with Crippen LogP contribution in [0.25, 0.3) is 10.9 Å². The molecule has 0 aliphatic carbocycles. The van der Waals surface area contributed by atoms with E-state index in [0.29, 0.717) is 5.69 Å². The molecule has 1 atom stereocenters. The largest absolute Gasteiger partial charge is 0.479 e. The summed E-state index contributed by atoms with van der Waals surface area (Å²) in [5, 5.41) is 19.7. The number of carboxylic acids is 1. The summed E-state index contributed by atoms with van der Waals surface area (Å²) in [7, 11) is 0. The van der Waals surface area contributed by atoms with Gasteiger partial charge in [0.05, 0.1) is 0 Å². The van der Waals surface area contributed by atoms with Crippen LogP contribution in [0.5, 0.6) is 0 Å². The number of benzene rings is 1. The van der Waals surface area contributed by atoms with Gasteiger partial charge in [-0.2, -0.15) is 0 Å². The Bertz CT molecular complexity index is 678. The van der Waals surface area contributed by atoms with Crippen LogP contribution in [0.1, 0.15) is 6.42 Å². The van der Waals surface area contributed by atoms with E-state index in [9.17, 15) is 14.7 Å². The SMILES string of the molecule is O=C(O)[C@]1(O)CCN(c2ccc3[nH]ccc3c2)C1=O. The topological polar surface area (TPSA) is 93.6 Å². The minimum absolute atomic E-state index is 0.105. The van der Waals surface area contributed by atoms with E-state index in [2.05, 4.69) is 4.98 Å². The minimum atomic E-state index is -2.30. The van der Waals surface area contributed by atoms with Gasteiger partial charge in [0, 0.05) is 35.8 Å². The molecule has 1 aromatic carbocycles. The number of H-pyrrole nitrogens is 1. The molecular weight excluding hydrogens is 248 g/mol. The molecule has 0 saturated carbocycles. The van der Waals surface area contributed by atoms with Crippen molar-refractivity contribution in [1.82, 2.24) is 4.98 Å². The zero-order valence-electron chi connectivity index (χ0n) is 9.96. The second-order valence-corrected chi connectivity index (χ2v) is 4.62. The summed E-state index contributed by atoms with van der Waals surface area (Å²) in [6, 6.07) is 7.19. The van der Waals surface area contributed by atoms with Crippen molar-refractivity contribution in [3.63, 3.8) is 0 Å². The molecule has 0 bridgehead atoms. The first-order chi connectivity index (χ1) is 9.02. The molecule has 2 heterocycles. The van der Waals surface area contributed by atoms with Crippen molar-refractivity contribution in [3.05, 3.63) is 30.5 Å². The third-order valence-electron chi connectivity index (χ3n) is 3.50. The fourth-order valence-corrected chi connectivity index (χ4v) is 2.36. The number of carbonyl (C=O) groups excluding carboxylic acids is 1. The van der Waals surface area contributed by atoms with Gasteiger partial charge in [0.1, 0.15) is 0 Å². The maximum Gasteiger partial charge on any atom is 0.345 e. The first-order valence-electron chi connectivity index (χ1n) is 5.87. The molecule has 98 valence electrons. The Morgan fingerprint density at radius 1 is 1.37 bits per heavy atom. The van der Waals surface area contributed by atoms with Gasteiger partial charge in [0.25, 0.3) is 5.91 Å². The van der Waals surface area contributed by atoms with Gasteiger partial charge in [-0.25, -0.2) is 4.79 Å². The molecule has 0 spiro atoms. The first kappa shape index (κ1) is 11.7. The second kappa shape index (κ2) is 3.83. The van der Waals surface area contributed by atoms with Crippen molar-refractivity contribution in [1.29, 1.82) is 0 Å². The summed E-state index contributed by atoms with van der Waals surface area (Å²) in [5.74, 6) is -2.28. The van der Waals surface area contributed by atoms with Crippen molar-refractivity contribution in [2.24, 2.45) is 0 Å². The summed E-state index contributed by atoms with van der Waals surface area (Å²) in [5.41, 5.74) is -0.772. The average Bonchev–Trinajstić information content (AvgIpc) is 2.95. The number of aromatic nitrogens is 1. The molecule has 3 N–H and O–H groups in total. The van der Waals surface area contributed by atoms with Gasteiger partial charge in [0.15, 0.2) is 0 Å². The van der Waals surface area contributed by atoms with Crippen LogP contribution in [-0.2, 0) is 9.59 Å². The number of amides is 1. The zero-order chi connectivity index (χ0) is 13.6. The molecule has 1 aromatic heterocycles. The van der Waals surface area contributed by atoms with E-state index in [1.165, 1.54) is 4.90 Å². The number of aliphatic hydroxyl groups is 1. The molecular formula is C13H12N2O4. The maximum absolute atomic E-state index is 12.0. The van der Waals surface area contributed by atoms with Gasteiger partial charge in [-0.05, 0) is 24.3 Å². The number of aliphatic carboxylic acids is 1. The number of aromatic amines is 1. The highest BCUT2D eigenvalue weighted by molar-refractivity contribution is 6.14. The zero-order valence-corrected chi connectivity index (χ0v) is 9.96. The number of carbonyl (C=O) groups is 2. The van der Waals surface area contributed by atoms with Crippen LogP contribution >= 0.6 is 0 Å². The van der Waals surface area contributed by atoms with E-state index < -0.39 is 17.5 Å². The third kappa shape index (κ3) is 1.61. The van der Waals surface area contributed by atoms with Gasteiger partial charge < -0.3 is 20.1 Å². The first-order valence-corrected chi connectivity index (χ1v) is 5.87. The number of rotatable bonds is 2. The average molecular weight is 260 g/mol. The van der Waals surface area contributed by atoms with E-state index >= 15 is 0 Å². The fourth-order valence-electron chi connectivity index (χ4n) is 2.36. The Labute approximate surface area is 108 Å². The molecule has 0 radical (unpaired) electrons. The Kier molecular flexibility index (Phi) is 2.36. The van der Waals surface area contributed by atoms with Crippen LogP contribution in [0.4, 0.5) is 5.69 Å². The van der Waals surface area contributed by atoms with Crippen LogP contribution in [-0.4, -0.2) is 39.2 Å². The fraction of sp³-hybridized carbons (Fsp3) is 0.231. The van der Waals surface area contributed by atoms with E-state index in [1.807, 2.05) is 12.1 Å². The van der Waals surface area contributed by atoms with Gasteiger partial charge in [0.2, 0.25) is 5.60 Å². The second-order valence-electron chi connectivity index (χ2n) is 4.62. The summed E-state index contributed by atoms with van der Waals surface area (Å²) in [6.45, 7) is 0.192. The Balaban J connectivity index is 1.99. The minimum Gasteiger partial charge on any atom is -0.479 e. The van der Waals surface area contributed by atoms with Crippen molar-refractivity contribution < 1.29 is 19.8 Å². The van der Waals surface area contributed by atoms with Crippen molar-refractivity contribution in [2.75, 3.05) is 11.4 Å². The molecule has 1 aliphatic heterocycles. The van der Waals surface area contributed by atoms with Crippen LogP contribution in [0.2, 0.25) is 0 Å². The van der Waals surface area contributed by atoms with Crippen LogP contribution < -0.4 is 4.90 Å². The summed E-state index contributed by atoms with van der Waals surface area (Å²) >= 11 is 0. The van der Waals surface area contributed by atoms with Crippen molar-refractivity contribution in [3.8, 4) is 0 Å². The number of nitrogens with one attached hydrogen (secondary N) is 1. The van der Waals surface area contributed by atoms with Crippen molar-refractivity contribution >= 4 is 28.5 Å². The number of fused-ring (bicyclic) bond motifs is 1. The quantitative estimate of drug-likeness (QED) is 0.693. The summed E-state index contributed by atoms with van der Waals surface area (Å²) in [4.78, 5) is 27.4. The number of hydrogen-bond donors (Lipinski definition) is 3. The number of carboxylic acid groups (broad SMARTS) is 1. The van der Waals surface area contributed by atoms with Crippen LogP contribution in [0, 0.1) is 0 Å². The molecule has 0 unspecified atom stereocenters. The lowest BCUT2D eigenvalue weighted by Crippen LogP contribution is -2.46. The van der Waals surface area contributed by atoms with E-state index in [1.54, 1.807) is 18.3 Å². The van der Waals surface area contributed by atoms with E-state index in [0.717, 1.165) is 10.9 Å². The van der Waals surface area contributed by atoms with Gasteiger partial charge in [-0.15, -0.1) is 0 Å². The van der Waals surface area contributed by atoms with E-state index in [4.69, 9.17) is 5.11 Å². The normalized spacial score (nSPS) is 23.2. The molecule has 1 aliphatic rings. The molecule has 19 heavy (non-hydrogen) atoms. The number of nitrogens with zero attached hydrogens (tertiary/aromatic N) is 1. The molecule has 2 aromatic rings. The number of anilines is 1. The van der Waals surface area contributed by atoms with Gasteiger partial charge in [-0.1, -0.05) is 0 Å². The monoisotopic (exact) mass is 260 g/mol. The lowest BCUT2D eigenvalue weighted by Gasteiger charge is -2.19. The van der Waals surface area contributed by atoms with E-state index in [-0.39, 0.29) is 13.0 Å². The van der Waals surface area contributed by atoms with Gasteiger partial charge in [-0.3, -0.25) is 4.79 Å². The number of hydrogen-bond acceptors (Lipinski definition) is 3. The van der Waals surface area contributed by atoms with Crippen LogP contribution in [0.3, 0.4) is 0 Å². The standard InChI is InChI=1S/C13H12N2O4/c16-11-13(19,12(17)18)4-6-15(11)9-1-2-10-8(7-9)3-5-14-10/h1-3,5,7,14,19H,4,6H2,(H,17,18)/t13-/m0/s1. The predicted octanol–water partition coefficient (Wildman–Crippen LogP) is 0.720. The predicted molar refractivity (Wildman–Crippen MR) is 67.9 cm³/mol.